The zero-order valence-corrected chi connectivity index (χ0v) is 12.6. The summed E-state index contributed by atoms with van der Waals surface area (Å²) in [6.45, 7) is 11.0. The molecular formula is C16H21NS. The summed E-state index contributed by atoms with van der Waals surface area (Å²) in [6, 6.07) is 6.83. The van der Waals surface area contributed by atoms with Gasteiger partial charge in [-0.15, -0.1) is 11.3 Å². The van der Waals surface area contributed by atoms with Crippen LogP contribution in [0.2, 0.25) is 0 Å². The molecule has 0 aliphatic rings. The average Bonchev–Trinajstić information content (AvgIpc) is 2.74. The van der Waals surface area contributed by atoms with E-state index in [1.54, 1.807) is 11.3 Å². The predicted molar refractivity (Wildman–Crippen MR) is 80.5 cm³/mol. The zero-order valence-electron chi connectivity index (χ0n) is 11.8. The van der Waals surface area contributed by atoms with Gasteiger partial charge in [0, 0.05) is 10.9 Å². The van der Waals surface area contributed by atoms with Crippen molar-refractivity contribution in [1.82, 2.24) is 4.98 Å². The Bertz CT molecular complexity index is 538. The van der Waals surface area contributed by atoms with Crippen molar-refractivity contribution in [2.75, 3.05) is 0 Å². The van der Waals surface area contributed by atoms with Gasteiger partial charge in [0.2, 0.25) is 0 Å². The Kier molecular flexibility index (Phi) is 3.86. The molecule has 0 N–H and O–H groups in total. The Hall–Kier alpha value is -1.15. The van der Waals surface area contributed by atoms with Gasteiger partial charge in [-0.2, -0.15) is 0 Å². The van der Waals surface area contributed by atoms with Gasteiger partial charge in [0.25, 0.3) is 0 Å². The van der Waals surface area contributed by atoms with E-state index < -0.39 is 0 Å². The Morgan fingerprint density at radius 3 is 2.28 bits per heavy atom. The van der Waals surface area contributed by atoms with Crippen LogP contribution in [0.4, 0.5) is 0 Å². The summed E-state index contributed by atoms with van der Waals surface area (Å²) < 4.78 is 0. The molecule has 1 nitrogen and oxygen atoms in total. The molecule has 1 aromatic carbocycles. The third-order valence-electron chi connectivity index (χ3n) is 3.26. The lowest BCUT2D eigenvalue weighted by molar-refractivity contribution is 0.846. The molecule has 18 heavy (non-hydrogen) atoms. The van der Waals surface area contributed by atoms with Gasteiger partial charge in [0.1, 0.15) is 0 Å². The molecule has 2 aromatic rings. The third-order valence-corrected chi connectivity index (χ3v) is 4.03. The Morgan fingerprint density at radius 2 is 1.78 bits per heavy atom. The molecule has 1 aromatic heterocycles. The summed E-state index contributed by atoms with van der Waals surface area (Å²) in [5.41, 5.74) is 5.22. The second kappa shape index (κ2) is 5.23. The summed E-state index contributed by atoms with van der Waals surface area (Å²) in [5, 5.41) is 3.30. The SMILES string of the molecule is Cc1nc(-c2cc(C(C)C)ccc2C(C)C)cs1. The lowest BCUT2D eigenvalue weighted by Gasteiger charge is -2.14. The van der Waals surface area contributed by atoms with Gasteiger partial charge in [-0.3, -0.25) is 0 Å². The first-order valence-corrected chi connectivity index (χ1v) is 7.43. The zero-order chi connectivity index (χ0) is 13.3. The van der Waals surface area contributed by atoms with Gasteiger partial charge in [-0.05, 0) is 36.0 Å². The van der Waals surface area contributed by atoms with Crippen LogP contribution in [0.15, 0.2) is 23.6 Å². The van der Waals surface area contributed by atoms with E-state index in [1.165, 1.54) is 16.7 Å². The fraction of sp³-hybridized carbons (Fsp3) is 0.438. The molecule has 96 valence electrons. The maximum absolute atomic E-state index is 4.64. The van der Waals surface area contributed by atoms with Crippen LogP contribution in [0, 0.1) is 6.92 Å². The van der Waals surface area contributed by atoms with E-state index in [0.717, 1.165) is 10.7 Å². The topological polar surface area (TPSA) is 12.9 Å². The fourth-order valence-corrected chi connectivity index (χ4v) is 2.76. The molecule has 0 aliphatic heterocycles. The average molecular weight is 259 g/mol. The number of hydrogen-bond donors (Lipinski definition) is 0. The molecule has 0 fully saturated rings. The highest BCUT2D eigenvalue weighted by atomic mass is 32.1. The maximum atomic E-state index is 4.64. The lowest BCUT2D eigenvalue weighted by Crippen LogP contribution is -1.96. The van der Waals surface area contributed by atoms with Gasteiger partial charge in [-0.25, -0.2) is 4.98 Å². The fourth-order valence-electron chi connectivity index (χ4n) is 2.15. The van der Waals surface area contributed by atoms with E-state index in [9.17, 15) is 0 Å². The van der Waals surface area contributed by atoms with Gasteiger partial charge in [0.05, 0.1) is 10.7 Å². The van der Waals surface area contributed by atoms with Crippen molar-refractivity contribution in [3.8, 4) is 11.3 Å². The van der Waals surface area contributed by atoms with Crippen molar-refractivity contribution < 1.29 is 0 Å². The molecule has 0 bridgehead atoms. The highest BCUT2D eigenvalue weighted by Crippen LogP contribution is 2.32. The predicted octanol–water partition coefficient (Wildman–Crippen LogP) is 5.37. The molecule has 0 spiro atoms. The standard InChI is InChI=1S/C16H21NS/c1-10(2)13-6-7-14(11(3)4)15(8-13)16-9-18-12(5)17-16/h6-11H,1-5H3. The monoisotopic (exact) mass is 259 g/mol. The first-order chi connectivity index (χ1) is 8.49. The maximum Gasteiger partial charge on any atom is 0.0901 e. The van der Waals surface area contributed by atoms with Crippen molar-refractivity contribution in [3.05, 3.63) is 39.7 Å². The quantitative estimate of drug-likeness (QED) is 0.722. The van der Waals surface area contributed by atoms with Crippen molar-refractivity contribution in [2.45, 2.75) is 46.5 Å². The molecule has 1 heterocycles. The Balaban J connectivity index is 2.57. The molecule has 0 aliphatic carbocycles. The first-order valence-electron chi connectivity index (χ1n) is 6.55. The number of aryl methyl sites for hydroxylation is 1. The normalized spacial score (nSPS) is 11.5. The van der Waals surface area contributed by atoms with Crippen molar-refractivity contribution in [1.29, 1.82) is 0 Å². The second-order valence-electron chi connectivity index (χ2n) is 5.41. The summed E-state index contributed by atoms with van der Waals surface area (Å²) in [6.07, 6.45) is 0. The molecular weight excluding hydrogens is 238 g/mol. The van der Waals surface area contributed by atoms with Crippen LogP contribution in [0.25, 0.3) is 11.3 Å². The third kappa shape index (κ3) is 2.64. The molecule has 0 atom stereocenters. The largest absolute Gasteiger partial charge is 0.242 e. The number of aromatic nitrogens is 1. The smallest absolute Gasteiger partial charge is 0.0901 e. The minimum absolute atomic E-state index is 0.531. The van der Waals surface area contributed by atoms with Crippen molar-refractivity contribution in [3.63, 3.8) is 0 Å². The number of nitrogens with zero attached hydrogens (tertiary/aromatic N) is 1. The van der Waals surface area contributed by atoms with E-state index >= 15 is 0 Å². The first kappa shape index (κ1) is 13.3. The number of hydrogen-bond acceptors (Lipinski definition) is 2. The van der Waals surface area contributed by atoms with Crippen LogP contribution < -0.4 is 0 Å². The van der Waals surface area contributed by atoms with Crippen molar-refractivity contribution in [2.24, 2.45) is 0 Å². The molecule has 0 saturated carbocycles. The van der Waals surface area contributed by atoms with Crippen LogP contribution in [0.3, 0.4) is 0 Å². The van der Waals surface area contributed by atoms with Crippen LogP contribution in [0.5, 0.6) is 0 Å². The van der Waals surface area contributed by atoms with Crippen LogP contribution in [-0.4, -0.2) is 4.98 Å². The van der Waals surface area contributed by atoms with Crippen molar-refractivity contribution >= 4 is 11.3 Å². The molecule has 0 radical (unpaired) electrons. The molecule has 0 amide bonds. The van der Waals surface area contributed by atoms with Gasteiger partial charge in [0.15, 0.2) is 0 Å². The van der Waals surface area contributed by atoms with E-state index in [2.05, 4.69) is 63.2 Å². The number of thiazole rings is 1. The molecule has 0 saturated heterocycles. The molecule has 2 heteroatoms. The van der Waals surface area contributed by atoms with E-state index in [1.807, 2.05) is 0 Å². The van der Waals surface area contributed by atoms with E-state index in [0.29, 0.717) is 11.8 Å². The second-order valence-corrected chi connectivity index (χ2v) is 6.47. The number of rotatable bonds is 3. The Labute approximate surface area is 114 Å². The highest BCUT2D eigenvalue weighted by Gasteiger charge is 2.13. The van der Waals surface area contributed by atoms with E-state index in [-0.39, 0.29) is 0 Å². The summed E-state index contributed by atoms with van der Waals surface area (Å²) in [5.74, 6) is 1.09. The van der Waals surface area contributed by atoms with E-state index in [4.69, 9.17) is 0 Å². The number of benzene rings is 1. The summed E-state index contributed by atoms with van der Waals surface area (Å²) in [4.78, 5) is 4.64. The van der Waals surface area contributed by atoms with Crippen LogP contribution >= 0.6 is 11.3 Å². The van der Waals surface area contributed by atoms with Gasteiger partial charge >= 0.3 is 0 Å². The summed E-state index contributed by atoms with van der Waals surface area (Å²) in [7, 11) is 0. The molecule has 0 unspecified atom stereocenters. The Morgan fingerprint density at radius 1 is 1.06 bits per heavy atom. The van der Waals surface area contributed by atoms with Gasteiger partial charge in [-0.1, -0.05) is 39.8 Å². The minimum atomic E-state index is 0.531. The summed E-state index contributed by atoms with van der Waals surface area (Å²) >= 11 is 1.72. The highest BCUT2D eigenvalue weighted by molar-refractivity contribution is 7.09. The van der Waals surface area contributed by atoms with Crippen LogP contribution in [-0.2, 0) is 0 Å². The lowest BCUT2D eigenvalue weighted by atomic mass is 9.91. The van der Waals surface area contributed by atoms with Crippen LogP contribution in [0.1, 0.15) is 55.7 Å². The minimum Gasteiger partial charge on any atom is -0.242 e. The van der Waals surface area contributed by atoms with Gasteiger partial charge < -0.3 is 0 Å². The molecule has 2 rings (SSSR count).